The Balaban J connectivity index is 2.71. The van der Waals surface area contributed by atoms with Crippen LogP contribution in [-0.4, -0.2) is 16.6 Å². The highest BCUT2D eigenvalue weighted by molar-refractivity contribution is 6.23. The van der Waals surface area contributed by atoms with Crippen molar-refractivity contribution < 1.29 is 9.90 Å². The number of hydrogen-bond donors (Lipinski definition) is 2. The van der Waals surface area contributed by atoms with E-state index in [4.69, 9.17) is 0 Å². The van der Waals surface area contributed by atoms with Crippen LogP contribution in [0.25, 0.3) is 5.57 Å². The fraction of sp³-hybridized carbons (Fsp3) is 0.400. The second-order valence-corrected chi connectivity index (χ2v) is 5.58. The van der Waals surface area contributed by atoms with E-state index < -0.39 is 5.54 Å². The van der Waals surface area contributed by atoms with Crippen molar-refractivity contribution in [1.29, 1.82) is 0 Å². The third-order valence-electron chi connectivity index (χ3n) is 3.41. The standard InChI is InChI=1S/C15H19NO2/c1-8-6-9(2)11(10(3)7-8)12-13(17)15(4,5)16-14(12)18/h6-7,17H,1-5H3,(H,16,18). The fourth-order valence-electron chi connectivity index (χ4n) is 2.63. The molecule has 1 aliphatic rings. The summed E-state index contributed by atoms with van der Waals surface area (Å²) in [4.78, 5) is 12.1. The molecule has 0 radical (unpaired) electrons. The van der Waals surface area contributed by atoms with Crippen molar-refractivity contribution in [2.45, 2.75) is 40.2 Å². The molecule has 0 saturated heterocycles. The summed E-state index contributed by atoms with van der Waals surface area (Å²) in [6.07, 6.45) is 0. The summed E-state index contributed by atoms with van der Waals surface area (Å²) in [5.41, 5.74) is 3.77. The van der Waals surface area contributed by atoms with E-state index >= 15 is 0 Å². The van der Waals surface area contributed by atoms with Gasteiger partial charge in [0.25, 0.3) is 5.91 Å². The monoisotopic (exact) mass is 245 g/mol. The van der Waals surface area contributed by atoms with Crippen molar-refractivity contribution >= 4 is 11.5 Å². The molecule has 18 heavy (non-hydrogen) atoms. The van der Waals surface area contributed by atoms with Crippen LogP contribution >= 0.6 is 0 Å². The number of aryl methyl sites for hydroxylation is 3. The lowest BCUT2D eigenvalue weighted by Gasteiger charge is -2.17. The van der Waals surface area contributed by atoms with Crippen molar-refractivity contribution in [3.63, 3.8) is 0 Å². The molecule has 1 heterocycles. The van der Waals surface area contributed by atoms with E-state index in [1.165, 1.54) is 0 Å². The van der Waals surface area contributed by atoms with Crippen molar-refractivity contribution in [2.24, 2.45) is 0 Å². The highest BCUT2D eigenvalue weighted by Gasteiger charge is 2.39. The minimum Gasteiger partial charge on any atom is -0.509 e. The summed E-state index contributed by atoms with van der Waals surface area (Å²) in [6.45, 7) is 9.55. The summed E-state index contributed by atoms with van der Waals surface area (Å²) in [5.74, 6) is -0.0740. The van der Waals surface area contributed by atoms with Crippen LogP contribution in [0.15, 0.2) is 17.9 Å². The normalized spacial score (nSPS) is 18.2. The van der Waals surface area contributed by atoms with Gasteiger partial charge >= 0.3 is 0 Å². The molecule has 1 amide bonds. The van der Waals surface area contributed by atoms with Crippen LogP contribution in [0.2, 0.25) is 0 Å². The second-order valence-electron chi connectivity index (χ2n) is 5.58. The molecule has 1 aromatic carbocycles. The zero-order valence-electron chi connectivity index (χ0n) is 11.5. The van der Waals surface area contributed by atoms with E-state index in [9.17, 15) is 9.90 Å². The van der Waals surface area contributed by atoms with E-state index in [0.717, 1.165) is 22.3 Å². The predicted molar refractivity (Wildman–Crippen MR) is 72.4 cm³/mol. The topological polar surface area (TPSA) is 49.3 Å². The average Bonchev–Trinajstić information content (AvgIpc) is 2.38. The maximum atomic E-state index is 12.1. The van der Waals surface area contributed by atoms with Crippen molar-refractivity contribution in [3.05, 3.63) is 40.1 Å². The number of nitrogens with one attached hydrogen (secondary N) is 1. The third-order valence-corrected chi connectivity index (χ3v) is 3.41. The number of carbonyl (C=O) groups is 1. The molecular formula is C15H19NO2. The summed E-state index contributed by atoms with van der Waals surface area (Å²) in [6, 6.07) is 4.06. The molecule has 0 fully saturated rings. The van der Waals surface area contributed by atoms with Gasteiger partial charge in [0.1, 0.15) is 5.76 Å². The van der Waals surface area contributed by atoms with Gasteiger partial charge in [-0.2, -0.15) is 0 Å². The van der Waals surface area contributed by atoms with E-state index in [1.54, 1.807) is 13.8 Å². The van der Waals surface area contributed by atoms with Gasteiger partial charge in [0.15, 0.2) is 0 Å². The van der Waals surface area contributed by atoms with Gasteiger partial charge in [-0.3, -0.25) is 4.79 Å². The molecule has 0 aromatic heterocycles. The van der Waals surface area contributed by atoms with Crippen LogP contribution in [0.4, 0.5) is 0 Å². The highest BCUT2D eigenvalue weighted by Crippen LogP contribution is 2.34. The van der Waals surface area contributed by atoms with Crippen LogP contribution in [0.1, 0.15) is 36.1 Å². The predicted octanol–water partition coefficient (Wildman–Crippen LogP) is 2.79. The molecule has 0 saturated carbocycles. The average molecular weight is 245 g/mol. The molecule has 3 heteroatoms. The lowest BCUT2D eigenvalue weighted by atomic mass is 9.91. The molecular weight excluding hydrogens is 226 g/mol. The first-order valence-electron chi connectivity index (χ1n) is 6.08. The Bertz CT molecular complexity index is 545. The Morgan fingerprint density at radius 1 is 1.11 bits per heavy atom. The molecule has 96 valence electrons. The molecule has 0 aliphatic carbocycles. The molecule has 0 bridgehead atoms. The first-order valence-corrected chi connectivity index (χ1v) is 6.08. The van der Waals surface area contributed by atoms with Crippen molar-refractivity contribution in [1.82, 2.24) is 5.32 Å². The van der Waals surface area contributed by atoms with Crippen molar-refractivity contribution in [3.8, 4) is 0 Å². The largest absolute Gasteiger partial charge is 0.509 e. The van der Waals surface area contributed by atoms with E-state index in [1.807, 2.05) is 32.9 Å². The van der Waals surface area contributed by atoms with Crippen molar-refractivity contribution in [2.75, 3.05) is 0 Å². The number of amides is 1. The summed E-state index contributed by atoms with van der Waals surface area (Å²) in [7, 11) is 0. The Hall–Kier alpha value is -1.77. The third kappa shape index (κ3) is 1.80. The van der Waals surface area contributed by atoms with Gasteiger partial charge in [0, 0.05) is 0 Å². The number of aliphatic hydroxyl groups is 1. The highest BCUT2D eigenvalue weighted by atomic mass is 16.3. The lowest BCUT2D eigenvalue weighted by Crippen LogP contribution is -2.38. The molecule has 0 spiro atoms. The Morgan fingerprint density at radius 3 is 2.00 bits per heavy atom. The first-order chi connectivity index (χ1) is 8.24. The summed E-state index contributed by atoms with van der Waals surface area (Å²) >= 11 is 0. The van der Waals surface area contributed by atoms with E-state index in [2.05, 4.69) is 5.32 Å². The smallest absolute Gasteiger partial charge is 0.256 e. The number of hydrogen-bond acceptors (Lipinski definition) is 2. The summed E-state index contributed by atoms with van der Waals surface area (Å²) in [5, 5.41) is 13.1. The van der Waals surface area contributed by atoms with Crippen LogP contribution in [0, 0.1) is 20.8 Å². The quantitative estimate of drug-likeness (QED) is 0.799. The molecule has 1 aliphatic heterocycles. The minimum absolute atomic E-state index is 0.127. The number of aliphatic hydroxyl groups excluding tert-OH is 1. The van der Waals surface area contributed by atoms with Crippen LogP contribution in [-0.2, 0) is 4.79 Å². The maximum Gasteiger partial charge on any atom is 0.256 e. The van der Waals surface area contributed by atoms with Crippen LogP contribution in [0.5, 0.6) is 0 Å². The number of benzene rings is 1. The molecule has 0 atom stereocenters. The van der Waals surface area contributed by atoms with Gasteiger partial charge in [0.05, 0.1) is 11.1 Å². The summed E-state index contributed by atoms with van der Waals surface area (Å²) < 4.78 is 0. The molecule has 1 aromatic rings. The van der Waals surface area contributed by atoms with Gasteiger partial charge in [0.2, 0.25) is 0 Å². The zero-order chi connectivity index (χ0) is 13.7. The maximum absolute atomic E-state index is 12.1. The Labute approximate surface area is 108 Å². The molecule has 3 nitrogen and oxygen atoms in total. The van der Waals surface area contributed by atoms with Gasteiger partial charge in [-0.15, -0.1) is 0 Å². The lowest BCUT2D eigenvalue weighted by molar-refractivity contribution is -0.115. The Kier molecular flexibility index (Phi) is 2.73. The molecule has 2 N–H and O–H groups in total. The van der Waals surface area contributed by atoms with Gasteiger partial charge in [-0.1, -0.05) is 17.7 Å². The van der Waals surface area contributed by atoms with E-state index in [-0.39, 0.29) is 11.7 Å². The van der Waals surface area contributed by atoms with Gasteiger partial charge in [-0.05, 0) is 51.3 Å². The van der Waals surface area contributed by atoms with E-state index in [0.29, 0.717) is 5.57 Å². The van der Waals surface area contributed by atoms with Gasteiger partial charge in [-0.25, -0.2) is 0 Å². The number of rotatable bonds is 1. The molecule has 2 rings (SSSR count). The van der Waals surface area contributed by atoms with Crippen LogP contribution < -0.4 is 5.32 Å². The van der Waals surface area contributed by atoms with Crippen LogP contribution in [0.3, 0.4) is 0 Å². The SMILES string of the molecule is Cc1cc(C)c(C2=C(O)C(C)(C)NC2=O)c(C)c1. The Morgan fingerprint density at radius 2 is 1.61 bits per heavy atom. The first kappa shape index (κ1) is 12.7. The second kappa shape index (κ2) is 3.87. The molecule has 0 unspecified atom stereocenters. The number of carbonyl (C=O) groups excluding carboxylic acids is 1. The zero-order valence-corrected chi connectivity index (χ0v) is 11.5. The minimum atomic E-state index is -0.684. The van der Waals surface area contributed by atoms with Gasteiger partial charge < -0.3 is 10.4 Å². The fourth-order valence-corrected chi connectivity index (χ4v) is 2.63.